The Balaban J connectivity index is 2.65. The van der Waals surface area contributed by atoms with Gasteiger partial charge in [0.1, 0.15) is 11.6 Å². The fourth-order valence-electron chi connectivity index (χ4n) is 1.38. The van der Waals surface area contributed by atoms with Gasteiger partial charge in [-0.25, -0.2) is 4.98 Å². The summed E-state index contributed by atoms with van der Waals surface area (Å²) in [5.41, 5.74) is 0. The molecular formula is C12H19Cl2N3S. The maximum atomic E-state index is 6.11. The van der Waals surface area contributed by atoms with E-state index in [1.807, 2.05) is 11.8 Å². The van der Waals surface area contributed by atoms with Crippen molar-refractivity contribution in [1.29, 1.82) is 0 Å². The van der Waals surface area contributed by atoms with E-state index in [0.717, 1.165) is 31.7 Å². The second kappa shape index (κ2) is 8.73. The molecule has 0 saturated heterocycles. The Hall–Kier alpha value is -0.320. The summed E-state index contributed by atoms with van der Waals surface area (Å²) in [5.74, 6) is 2.51. The number of aromatic nitrogens is 1. The van der Waals surface area contributed by atoms with Gasteiger partial charge in [0.15, 0.2) is 0 Å². The monoisotopic (exact) mass is 307 g/mol. The molecule has 0 fully saturated rings. The summed E-state index contributed by atoms with van der Waals surface area (Å²) in [7, 11) is 0. The Morgan fingerprint density at radius 2 is 1.78 bits per heavy atom. The molecule has 0 aliphatic heterocycles. The average molecular weight is 308 g/mol. The van der Waals surface area contributed by atoms with Gasteiger partial charge in [0, 0.05) is 13.1 Å². The molecule has 1 heterocycles. The smallest absolute Gasteiger partial charge is 0.147 e. The van der Waals surface area contributed by atoms with Crippen LogP contribution in [-0.2, 0) is 0 Å². The van der Waals surface area contributed by atoms with E-state index < -0.39 is 0 Å². The van der Waals surface area contributed by atoms with E-state index in [1.54, 1.807) is 6.07 Å². The van der Waals surface area contributed by atoms with Crippen LogP contribution in [0, 0.1) is 0 Å². The zero-order valence-electron chi connectivity index (χ0n) is 10.7. The van der Waals surface area contributed by atoms with Crippen LogP contribution >= 0.6 is 35.0 Å². The van der Waals surface area contributed by atoms with E-state index in [1.165, 1.54) is 0 Å². The van der Waals surface area contributed by atoms with Crippen molar-refractivity contribution in [3.8, 4) is 0 Å². The first kappa shape index (κ1) is 15.7. The Morgan fingerprint density at radius 1 is 1.17 bits per heavy atom. The molecule has 0 atom stereocenters. The third-order valence-corrected chi connectivity index (χ3v) is 3.56. The zero-order chi connectivity index (χ0) is 13.4. The van der Waals surface area contributed by atoms with Crippen LogP contribution in [0.15, 0.2) is 6.07 Å². The lowest BCUT2D eigenvalue weighted by Crippen LogP contribution is -2.08. The number of hydrogen-bond acceptors (Lipinski definition) is 4. The normalized spacial score (nSPS) is 10.4. The molecule has 0 aliphatic carbocycles. The van der Waals surface area contributed by atoms with E-state index in [-0.39, 0.29) is 0 Å². The number of pyridine rings is 1. The molecule has 0 bridgehead atoms. The number of rotatable bonds is 8. The minimum atomic E-state index is 0.558. The van der Waals surface area contributed by atoms with Gasteiger partial charge in [-0.15, -0.1) is 0 Å². The third-order valence-electron chi connectivity index (χ3n) is 2.29. The van der Waals surface area contributed by atoms with Crippen LogP contribution in [0.25, 0.3) is 0 Å². The van der Waals surface area contributed by atoms with Crippen molar-refractivity contribution in [2.24, 2.45) is 0 Å². The Labute approximate surface area is 123 Å². The summed E-state index contributed by atoms with van der Waals surface area (Å²) < 4.78 is 0. The van der Waals surface area contributed by atoms with Crippen molar-refractivity contribution in [3.63, 3.8) is 0 Å². The molecule has 0 spiro atoms. The molecule has 0 aliphatic rings. The standard InChI is InChI=1S/C12H19Cl2N3S/c1-3-5-15-11-9(13)8-10(14)12(17-11)16-6-4-7-18-2/h8H,3-7H2,1-2H3,(H2,15,16,17). The van der Waals surface area contributed by atoms with Crippen molar-refractivity contribution < 1.29 is 0 Å². The minimum absolute atomic E-state index is 0.558. The fraction of sp³-hybridized carbons (Fsp3) is 0.583. The van der Waals surface area contributed by atoms with Gasteiger partial charge in [0.05, 0.1) is 10.0 Å². The largest absolute Gasteiger partial charge is 0.369 e. The van der Waals surface area contributed by atoms with Gasteiger partial charge in [0.25, 0.3) is 0 Å². The lowest BCUT2D eigenvalue weighted by molar-refractivity contribution is 0.960. The molecule has 0 unspecified atom stereocenters. The van der Waals surface area contributed by atoms with Gasteiger partial charge in [-0.3, -0.25) is 0 Å². The molecule has 1 rings (SSSR count). The zero-order valence-corrected chi connectivity index (χ0v) is 13.1. The fourth-order valence-corrected chi connectivity index (χ4v) is 2.31. The lowest BCUT2D eigenvalue weighted by Gasteiger charge is -2.12. The molecule has 0 saturated carbocycles. The van der Waals surface area contributed by atoms with Gasteiger partial charge >= 0.3 is 0 Å². The summed E-state index contributed by atoms with van der Waals surface area (Å²) in [5, 5.41) is 7.54. The summed E-state index contributed by atoms with van der Waals surface area (Å²) in [4.78, 5) is 4.41. The lowest BCUT2D eigenvalue weighted by atomic mass is 10.4. The molecule has 3 nitrogen and oxygen atoms in total. The maximum Gasteiger partial charge on any atom is 0.147 e. The van der Waals surface area contributed by atoms with Crippen molar-refractivity contribution >= 4 is 46.6 Å². The summed E-state index contributed by atoms with van der Waals surface area (Å²) in [6, 6.07) is 1.73. The van der Waals surface area contributed by atoms with Gasteiger partial charge in [0.2, 0.25) is 0 Å². The molecule has 1 aromatic heterocycles. The number of nitrogens with zero attached hydrogens (tertiary/aromatic N) is 1. The molecule has 2 N–H and O–H groups in total. The topological polar surface area (TPSA) is 37.0 Å². The van der Waals surface area contributed by atoms with Crippen molar-refractivity contribution in [2.75, 3.05) is 35.7 Å². The van der Waals surface area contributed by atoms with Crippen LogP contribution in [0.1, 0.15) is 19.8 Å². The van der Waals surface area contributed by atoms with Gasteiger partial charge in [-0.2, -0.15) is 11.8 Å². The first-order chi connectivity index (χ1) is 8.69. The predicted octanol–water partition coefficient (Wildman–Crippen LogP) is 4.38. The second-order valence-electron chi connectivity index (χ2n) is 3.85. The highest BCUT2D eigenvalue weighted by Crippen LogP contribution is 2.29. The van der Waals surface area contributed by atoms with Crippen LogP contribution < -0.4 is 10.6 Å². The Kier molecular flexibility index (Phi) is 7.63. The number of anilines is 2. The maximum absolute atomic E-state index is 6.11. The average Bonchev–Trinajstić information content (AvgIpc) is 2.35. The van der Waals surface area contributed by atoms with E-state index in [9.17, 15) is 0 Å². The number of hydrogen-bond donors (Lipinski definition) is 2. The molecule has 6 heteroatoms. The highest BCUT2D eigenvalue weighted by Gasteiger charge is 2.08. The number of halogens is 2. The van der Waals surface area contributed by atoms with Crippen LogP contribution in [0.4, 0.5) is 11.6 Å². The molecule has 0 amide bonds. The predicted molar refractivity (Wildman–Crippen MR) is 84.5 cm³/mol. The molecule has 1 aromatic rings. The molecule has 0 radical (unpaired) electrons. The van der Waals surface area contributed by atoms with Crippen LogP contribution in [-0.4, -0.2) is 30.1 Å². The Bertz CT molecular complexity index is 375. The highest BCUT2D eigenvalue weighted by atomic mass is 35.5. The van der Waals surface area contributed by atoms with Crippen molar-refractivity contribution in [1.82, 2.24) is 4.98 Å². The summed E-state index contributed by atoms with van der Waals surface area (Å²) in [6.07, 6.45) is 4.21. The minimum Gasteiger partial charge on any atom is -0.369 e. The summed E-state index contributed by atoms with van der Waals surface area (Å²) >= 11 is 14.0. The summed E-state index contributed by atoms with van der Waals surface area (Å²) in [6.45, 7) is 3.81. The molecule has 18 heavy (non-hydrogen) atoms. The highest BCUT2D eigenvalue weighted by molar-refractivity contribution is 7.98. The number of thioether (sulfide) groups is 1. The van der Waals surface area contributed by atoms with Gasteiger partial charge < -0.3 is 10.6 Å². The first-order valence-corrected chi connectivity index (χ1v) is 8.16. The molecular weight excluding hydrogens is 289 g/mol. The van der Waals surface area contributed by atoms with Crippen LogP contribution in [0.3, 0.4) is 0 Å². The van der Waals surface area contributed by atoms with E-state index in [0.29, 0.717) is 21.7 Å². The molecule has 0 aromatic carbocycles. The SMILES string of the molecule is CCCNc1nc(NCCCSC)c(Cl)cc1Cl. The van der Waals surface area contributed by atoms with E-state index in [4.69, 9.17) is 23.2 Å². The van der Waals surface area contributed by atoms with Crippen molar-refractivity contribution in [3.05, 3.63) is 16.1 Å². The van der Waals surface area contributed by atoms with Crippen LogP contribution in [0.5, 0.6) is 0 Å². The third kappa shape index (κ3) is 5.12. The Morgan fingerprint density at radius 3 is 2.33 bits per heavy atom. The van der Waals surface area contributed by atoms with Crippen molar-refractivity contribution in [2.45, 2.75) is 19.8 Å². The first-order valence-electron chi connectivity index (χ1n) is 6.01. The van der Waals surface area contributed by atoms with E-state index in [2.05, 4.69) is 28.8 Å². The van der Waals surface area contributed by atoms with Crippen LogP contribution in [0.2, 0.25) is 10.0 Å². The van der Waals surface area contributed by atoms with Gasteiger partial charge in [-0.05, 0) is 30.9 Å². The quantitative estimate of drug-likeness (QED) is 0.699. The number of nitrogens with one attached hydrogen (secondary N) is 2. The van der Waals surface area contributed by atoms with E-state index >= 15 is 0 Å². The van der Waals surface area contributed by atoms with Gasteiger partial charge in [-0.1, -0.05) is 30.1 Å². The molecule has 102 valence electrons. The second-order valence-corrected chi connectivity index (χ2v) is 5.65.